The number of aliphatic hydroxyl groups is 1. The highest BCUT2D eigenvalue weighted by Gasteiger charge is 2.27. The molecule has 0 aromatic carbocycles. The number of hydrogen-bond acceptors (Lipinski definition) is 3. The van der Waals surface area contributed by atoms with Crippen LogP contribution in [0.15, 0.2) is 0 Å². The molecule has 0 amide bonds. The lowest BCUT2D eigenvalue weighted by atomic mass is 10.2. The van der Waals surface area contributed by atoms with E-state index in [0.717, 1.165) is 13.0 Å². The Morgan fingerprint density at radius 1 is 1.70 bits per heavy atom. The van der Waals surface area contributed by atoms with Crippen molar-refractivity contribution >= 4 is 0 Å². The van der Waals surface area contributed by atoms with E-state index in [4.69, 9.17) is 5.11 Å². The number of nitrogens with zero attached hydrogens (tertiary/aromatic N) is 1. The number of aliphatic hydroxyl groups excluding tert-OH is 1. The van der Waals surface area contributed by atoms with E-state index in [2.05, 4.69) is 17.3 Å². The molecule has 1 saturated heterocycles. The predicted octanol–water partition coefficient (Wildman–Crippen LogP) is -0.729. The largest absolute Gasteiger partial charge is 0.395 e. The minimum absolute atomic E-state index is 0.286. The standard InChI is InChI=1S/C7H16N2O/c1-8-6-3-7(5-10)9(2)4-6/h6-8,10H,3-5H2,1-2H3. The van der Waals surface area contributed by atoms with Gasteiger partial charge in [-0.05, 0) is 20.5 Å². The summed E-state index contributed by atoms with van der Waals surface area (Å²) in [6.07, 6.45) is 1.07. The summed E-state index contributed by atoms with van der Waals surface area (Å²) in [5.74, 6) is 0. The Morgan fingerprint density at radius 3 is 2.70 bits per heavy atom. The number of likely N-dealkylation sites (tertiary alicyclic amines) is 1. The zero-order chi connectivity index (χ0) is 7.56. The van der Waals surface area contributed by atoms with Gasteiger partial charge < -0.3 is 10.4 Å². The fourth-order valence-electron chi connectivity index (χ4n) is 1.50. The number of hydrogen-bond donors (Lipinski definition) is 2. The van der Waals surface area contributed by atoms with Gasteiger partial charge in [-0.2, -0.15) is 0 Å². The molecule has 1 aliphatic heterocycles. The summed E-state index contributed by atoms with van der Waals surface area (Å²) < 4.78 is 0. The van der Waals surface area contributed by atoms with Crippen LogP contribution in [0.4, 0.5) is 0 Å². The first-order valence-electron chi connectivity index (χ1n) is 3.76. The van der Waals surface area contributed by atoms with Crippen LogP contribution in [0.1, 0.15) is 6.42 Å². The number of nitrogens with one attached hydrogen (secondary N) is 1. The van der Waals surface area contributed by atoms with E-state index in [1.807, 2.05) is 7.05 Å². The van der Waals surface area contributed by atoms with Crippen molar-refractivity contribution in [3.63, 3.8) is 0 Å². The van der Waals surface area contributed by atoms with Gasteiger partial charge in [-0.3, -0.25) is 4.90 Å². The second kappa shape index (κ2) is 3.32. The highest BCUT2D eigenvalue weighted by Crippen LogP contribution is 2.14. The summed E-state index contributed by atoms with van der Waals surface area (Å²) in [4.78, 5) is 2.20. The topological polar surface area (TPSA) is 35.5 Å². The zero-order valence-corrected chi connectivity index (χ0v) is 6.67. The Labute approximate surface area is 62.0 Å². The molecule has 0 aliphatic carbocycles. The number of likely N-dealkylation sites (N-methyl/N-ethyl adjacent to an activating group) is 2. The van der Waals surface area contributed by atoms with Gasteiger partial charge in [0.05, 0.1) is 6.61 Å². The zero-order valence-electron chi connectivity index (χ0n) is 6.67. The summed E-state index contributed by atoms with van der Waals surface area (Å²) in [5, 5.41) is 12.1. The van der Waals surface area contributed by atoms with Gasteiger partial charge in [-0.15, -0.1) is 0 Å². The Balaban J connectivity index is 2.36. The van der Waals surface area contributed by atoms with Gasteiger partial charge in [0.1, 0.15) is 0 Å². The van der Waals surface area contributed by atoms with E-state index in [9.17, 15) is 0 Å². The van der Waals surface area contributed by atoms with Crippen molar-refractivity contribution in [2.45, 2.75) is 18.5 Å². The molecule has 0 aromatic heterocycles. The lowest BCUT2D eigenvalue weighted by Crippen LogP contribution is -2.29. The molecule has 3 heteroatoms. The summed E-state index contributed by atoms with van der Waals surface area (Å²) in [6, 6.07) is 0.944. The van der Waals surface area contributed by atoms with Gasteiger partial charge in [-0.1, -0.05) is 0 Å². The molecule has 1 heterocycles. The van der Waals surface area contributed by atoms with Crippen molar-refractivity contribution in [3.05, 3.63) is 0 Å². The van der Waals surface area contributed by atoms with Crippen LogP contribution in [0, 0.1) is 0 Å². The second-order valence-corrected chi connectivity index (χ2v) is 3.00. The molecule has 2 N–H and O–H groups in total. The van der Waals surface area contributed by atoms with Crippen molar-refractivity contribution in [2.24, 2.45) is 0 Å². The van der Waals surface area contributed by atoms with E-state index < -0.39 is 0 Å². The predicted molar refractivity (Wildman–Crippen MR) is 41.0 cm³/mol. The second-order valence-electron chi connectivity index (χ2n) is 3.00. The van der Waals surface area contributed by atoms with E-state index >= 15 is 0 Å². The monoisotopic (exact) mass is 144 g/mol. The molecule has 10 heavy (non-hydrogen) atoms. The number of rotatable bonds is 2. The van der Waals surface area contributed by atoms with Crippen LogP contribution < -0.4 is 5.32 Å². The van der Waals surface area contributed by atoms with Gasteiger partial charge in [0.2, 0.25) is 0 Å². The van der Waals surface area contributed by atoms with E-state index in [-0.39, 0.29) is 6.61 Å². The van der Waals surface area contributed by atoms with Crippen LogP contribution in [0.2, 0.25) is 0 Å². The molecule has 2 unspecified atom stereocenters. The minimum atomic E-state index is 0.286. The summed E-state index contributed by atoms with van der Waals surface area (Å²) in [6.45, 7) is 1.34. The molecule has 60 valence electrons. The third-order valence-corrected chi connectivity index (χ3v) is 2.31. The molecule has 2 atom stereocenters. The first kappa shape index (κ1) is 7.98. The quantitative estimate of drug-likeness (QED) is 0.536. The fraction of sp³-hybridized carbons (Fsp3) is 1.00. The van der Waals surface area contributed by atoms with Crippen molar-refractivity contribution in [2.75, 3.05) is 27.2 Å². The van der Waals surface area contributed by atoms with Crippen LogP contribution >= 0.6 is 0 Å². The Morgan fingerprint density at radius 2 is 2.40 bits per heavy atom. The van der Waals surface area contributed by atoms with Crippen molar-refractivity contribution in [3.8, 4) is 0 Å². The van der Waals surface area contributed by atoms with Crippen LogP contribution in [-0.2, 0) is 0 Å². The van der Waals surface area contributed by atoms with Crippen molar-refractivity contribution in [1.82, 2.24) is 10.2 Å². The smallest absolute Gasteiger partial charge is 0.0587 e. The van der Waals surface area contributed by atoms with Crippen LogP contribution in [-0.4, -0.2) is 49.3 Å². The van der Waals surface area contributed by atoms with Crippen LogP contribution in [0.5, 0.6) is 0 Å². The maximum Gasteiger partial charge on any atom is 0.0587 e. The fourth-order valence-corrected chi connectivity index (χ4v) is 1.50. The van der Waals surface area contributed by atoms with Gasteiger partial charge in [-0.25, -0.2) is 0 Å². The molecule has 0 bridgehead atoms. The molecule has 0 spiro atoms. The Bertz CT molecular complexity index is 108. The summed E-state index contributed by atoms with van der Waals surface area (Å²) in [5.41, 5.74) is 0. The van der Waals surface area contributed by atoms with E-state index in [1.54, 1.807) is 0 Å². The average Bonchev–Trinajstić information content (AvgIpc) is 2.30. The molecule has 1 rings (SSSR count). The molecule has 0 saturated carbocycles. The summed E-state index contributed by atoms with van der Waals surface area (Å²) >= 11 is 0. The average molecular weight is 144 g/mol. The van der Waals surface area contributed by atoms with Gasteiger partial charge in [0.15, 0.2) is 0 Å². The van der Waals surface area contributed by atoms with Crippen molar-refractivity contribution in [1.29, 1.82) is 0 Å². The lowest BCUT2D eigenvalue weighted by Gasteiger charge is -2.15. The highest BCUT2D eigenvalue weighted by atomic mass is 16.3. The first-order valence-corrected chi connectivity index (χ1v) is 3.76. The third-order valence-electron chi connectivity index (χ3n) is 2.31. The van der Waals surface area contributed by atoms with Gasteiger partial charge in [0, 0.05) is 18.6 Å². The molecule has 1 fully saturated rings. The summed E-state index contributed by atoms with van der Waals surface area (Å²) in [7, 11) is 4.02. The third kappa shape index (κ3) is 1.48. The van der Waals surface area contributed by atoms with E-state index in [0.29, 0.717) is 12.1 Å². The van der Waals surface area contributed by atoms with Gasteiger partial charge in [0.25, 0.3) is 0 Å². The van der Waals surface area contributed by atoms with Crippen LogP contribution in [0.3, 0.4) is 0 Å². The maximum absolute atomic E-state index is 8.88. The van der Waals surface area contributed by atoms with Gasteiger partial charge >= 0.3 is 0 Å². The molecular weight excluding hydrogens is 128 g/mol. The maximum atomic E-state index is 8.88. The Kier molecular flexibility index (Phi) is 2.65. The first-order chi connectivity index (χ1) is 4.77. The van der Waals surface area contributed by atoms with Crippen molar-refractivity contribution < 1.29 is 5.11 Å². The van der Waals surface area contributed by atoms with E-state index in [1.165, 1.54) is 0 Å². The molecule has 0 radical (unpaired) electrons. The normalized spacial score (nSPS) is 35.1. The van der Waals surface area contributed by atoms with Crippen LogP contribution in [0.25, 0.3) is 0 Å². The molecule has 3 nitrogen and oxygen atoms in total. The molecular formula is C7H16N2O. The highest BCUT2D eigenvalue weighted by molar-refractivity contribution is 4.85. The SMILES string of the molecule is CNC1CC(CO)N(C)C1. The Hall–Kier alpha value is -0.120. The lowest BCUT2D eigenvalue weighted by molar-refractivity contribution is 0.182. The molecule has 0 aromatic rings. The molecule has 1 aliphatic rings. The minimum Gasteiger partial charge on any atom is -0.395 e.